The summed E-state index contributed by atoms with van der Waals surface area (Å²) in [7, 11) is 2.17. The van der Waals surface area contributed by atoms with Crippen LogP contribution in [-0.2, 0) is 13.1 Å². The lowest BCUT2D eigenvalue weighted by Gasteiger charge is -2.32. The van der Waals surface area contributed by atoms with Crippen molar-refractivity contribution in [2.45, 2.75) is 26.1 Å². The number of nitrogens with zero attached hydrogens (tertiary/aromatic N) is 2. The summed E-state index contributed by atoms with van der Waals surface area (Å²) in [6.45, 7) is 7.87. The Labute approximate surface area is 185 Å². The first kappa shape index (κ1) is 21.3. The molecule has 2 N–H and O–H groups in total. The largest absolute Gasteiger partial charge is 0.334 e. The van der Waals surface area contributed by atoms with Gasteiger partial charge in [-0.2, -0.15) is 0 Å². The number of carbonyl (C=O) groups excluding carboxylic acids is 1. The number of amides is 2. The first-order valence-corrected chi connectivity index (χ1v) is 11.1. The third-order valence-electron chi connectivity index (χ3n) is 6.19. The third kappa shape index (κ3) is 5.43. The van der Waals surface area contributed by atoms with E-state index in [1.165, 1.54) is 21.9 Å². The van der Waals surface area contributed by atoms with Crippen LogP contribution >= 0.6 is 0 Å². The molecular formula is C26H32N4O. The Kier molecular flexibility index (Phi) is 6.85. The summed E-state index contributed by atoms with van der Waals surface area (Å²) in [6.07, 6.45) is 0. The molecule has 1 aliphatic heterocycles. The fourth-order valence-electron chi connectivity index (χ4n) is 4.26. The number of fused-ring (bicyclic) bond motifs is 1. The summed E-state index contributed by atoms with van der Waals surface area (Å²) >= 11 is 0. The minimum Gasteiger partial charge on any atom is -0.334 e. The molecule has 0 aliphatic carbocycles. The molecule has 5 nitrogen and oxygen atoms in total. The van der Waals surface area contributed by atoms with Crippen LogP contribution in [0.5, 0.6) is 0 Å². The van der Waals surface area contributed by atoms with E-state index >= 15 is 0 Å². The number of nitrogens with one attached hydrogen (secondary N) is 2. The van der Waals surface area contributed by atoms with Crippen molar-refractivity contribution in [2.24, 2.45) is 0 Å². The Morgan fingerprint density at radius 2 is 1.58 bits per heavy atom. The van der Waals surface area contributed by atoms with Gasteiger partial charge in [-0.3, -0.25) is 4.90 Å². The molecule has 4 rings (SSSR count). The maximum absolute atomic E-state index is 12.6. The van der Waals surface area contributed by atoms with Gasteiger partial charge in [0.05, 0.1) is 6.04 Å². The summed E-state index contributed by atoms with van der Waals surface area (Å²) in [6, 6.07) is 22.7. The van der Waals surface area contributed by atoms with Crippen LogP contribution < -0.4 is 10.6 Å². The highest BCUT2D eigenvalue weighted by Gasteiger charge is 2.16. The van der Waals surface area contributed by atoms with Crippen molar-refractivity contribution in [3.8, 4) is 0 Å². The van der Waals surface area contributed by atoms with Crippen LogP contribution in [0.3, 0.4) is 0 Å². The zero-order valence-corrected chi connectivity index (χ0v) is 18.5. The number of likely N-dealkylation sites (N-methyl/N-ethyl adjacent to an activating group) is 1. The predicted molar refractivity (Wildman–Crippen MR) is 127 cm³/mol. The Bertz CT molecular complexity index is 1020. The lowest BCUT2D eigenvalue weighted by Crippen LogP contribution is -2.44. The van der Waals surface area contributed by atoms with Crippen LogP contribution in [-0.4, -0.2) is 49.1 Å². The maximum Gasteiger partial charge on any atom is 0.315 e. The second-order valence-corrected chi connectivity index (χ2v) is 8.47. The average Bonchev–Trinajstić information content (AvgIpc) is 2.79. The van der Waals surface area contributed by atoms with Gasteiger partial charge in [0.2, 0.25) is 0 Å². The molecule has 3 aromatic carbocycles. The maximum atomic E-state index is 12.6. The average molecular weight is 417 g/mol. The first-order chi connectivity index (χ1) is 15.1. The summed E-state index contributed by atoms with van der Waals surface area (Å²) in [5, 5.41) is 8.52. The zero-order valence-electron chi connectivity index (χ0n) is 18.5. The van der Waals surface area contributed by atoms with Crippen molar-refractivity contribution in [3.63, 3.8) is 0 Å². The van der Waals surface area contributed by atoms with E-state index in [1.54, 1.807) is 0 Å². The van der Waals surface area contributed by atoms with Crippen LogP contribution in [0.2, 0.25) is 0 Å². The topological polar surface area (TPSA) is 47.6 Å². The van der Waals surface area contributed by atoms with E-state index in [9.17, 15) is 4.79 Å². The SMILES string of the molecule is C[C@H](NC(=O)NCc1ccccc1CN1CCN(C)CC1)c1cccc2ccccc12. The van der Waals surface area contributed by atoms with Crippen molar-refractivity contribution >= 4 is 16.8 Å². The molecular weight excluding hydrogens is 384 g/mol. The fraction of sp³-hybridized carbons (Fsp3) is 0.346. The molecule has 1 atom stereocenters. The van der Waals surface area contributed by atoms with E-state index in [2.05, 4.69) is 69.9 Å². The Morgan fingerprint density at radius 3 is 2.39 bits per heavy atom. The lowest BCUT2D eigenvalue weighted by molar-refractivity contribution is 0.148. The van der Waals surface area contributed by atoms with Gasteiger partial charge in [-0.1, -0.05) is 66.7 Å². The number of rotatable bonds is 6. The quantitative estimate of drug-likeness (QED) is 0.635. The molecule has 1 aliphatic rings. The monoisotopic (exact) mass is 416 g/mol. The molecule has 3 aromatic rings. The number of hydrogen-bond donors (Lipinski definition) is 2. The molecule has 5 heteroatoms. The molecule has 1 heterocycles. The second-order valence-electron chi connectivity index (χ2n) is 8.47. The minimum atomic E-state index is -0.144. The highest BCUT2D eigenvalue weighted by molar-refractivity contribution is 5.86. The molecule has 0 aromatic heterocycles. The van der Waals surface area contributed by atoms with Gasteiger partial charge in [-0.05, 0) is 41.4 Å². The van der Waals surface area contributed by atoms with Crippen molar-refractivity contribution in [1.29, 1.82) is 0 Å². The van der Waals surface area contributed by atoms with Crippen LogP contribution in [0.15, 0.2) is 66.7 Å². The van der Waals surface area contributed by atoms with Gasteiger partial charge in [-0.25, -0.2) is 4.79 Å². The van der Waals surface area contributed by atoms with Gasteiger partial charge in [0, 0.05) is 39.3 Å². The third-order valence-corrected chi connectivity index (χ3v) is 6.19. The van der Waals surface area contributed by atoms with Gasteiger partial charge in [-0.15, -0.1) is 0 Å². The Hall–Kier alpha value is -2.89. The van der Waals surface area contributed by atoms with E-state index in [0.29, 0.717) is 6.54 Å². The van der Waals surface area contributed by atoms with E-state index < -0.39 is 0 Å². The van der Waals surface area contributed by atoms with E-state index in [-0.39, 0.29) is 12.1 Å². The number of carbonyl (C=O) groups is 1. The van der Waals surface area contributed by atoms with Gasteiger partial charge in [0.15, 0.2) is 0 Å². The smallest absolute Gasteiger partial charge is 0.315 e. The molecule has 0 spiro atoms. The first-order valence-electron chi connectivity index (χ1n) is 11.1. The Balaban J connectivity index is 1.36. The van der Waals surface area contributed by atoms with Gasteiger partial charge < -0.3 is 15.5 Å². The zero-order chi connectivity index (χ0) is 21.6. The summed E-state index contributed by atoms with van der Waals surface area (Å²) in [5.74, 6) is 0. The normalized spacial score (nSPS) is 16.2. The molecule has 0 unspecified atom stereocenters. The number of urea groups is 1. The predicted octanol–water partition coefficient (Wildman–Crippen LogP) is 4.15. The molecule has 0 radical (unpaired) electrons. The molecule has 2 amide bonds. The highest BCUT2D eigenvalue weighted by Crippen LogP contribution is 2.24. The Morgan fingerprint density at radius 1 is 0.903 bits per heavy atom. The van der Waals surface area contributed by atoms with Gasteiger partial charge >= 0.3 is 6.03 Å². The van der Waals surface area contributed by atoms with E-state index in [4.69, 9.17) is 0 Å². The molecule has 1 fully saturated rings. The van der Waals surface area contributed by atoms with E-state index in [1.807, 2.05) is 31.2 Å². The van der Waals surface area contributed by atoms with Crippen LogP contribution in [0.1, 0.15) is 29.7 Å². The summed E-state index contributed by atoms with van der Waals surface area (Å²) in [5.41, 5.74) is 3.59. The molecule has 162 valence electrons. The van der Waals surface area contributed by atoms with Crippen molar-refractivity contribution in [3.05, 3.63) is 83.4 Å². The standard InChI is InChI=1S/C26H32N4O/c1-20(24-13-7-11-21-8-5-6-12-25(21)24)28-26(31)27-18-22-9-3-4-10-23(22)19-30-16-14-29(2)15-17-30/h3-13,20H,14-19H2,1-2H3,(H2,27,28,31)/t20-/m0/s1. The molecule has 0 saturated carbocycles. The molecule has 0 bridgehead atoms. The van der Waals surface area contributed by atoms with Crippen LogP contribution in [0.25, 0.3) is 10.8 Å². The van der Waals surface area contributed by atoms with Crippen molar-refractivity contribution in [1.82, 2.24) is 20.4 Å². The summed E-state index contributed by atoms with van der Waals surface area (Å²) in [4.78, 5) is 17.5. The van der Waals surface area contributed by atoms with Crippen LogP contribution in [0, 0.1) is 0 Å². The fourth-order valence-corrected chi connectivity index (χ4v) is 4.26. The van der Waals surface area contributed by atoms with Gasteiger partial charge in [0.25, 0.3) is 0 Å². The summed E-state index contributed by atoms with van der Waals surface area (Å²) < 4.78 is 0. The van der Waals surface area contributed by atoms with E-state index in [0.717, 1.165) is 38.3 Å². The molecule has 31 heavy (non-hydrogen) atoms. The van der Waals surface area contributed by atoms with Crippen molar-refractivity contribution < 1.29 is 4.79 Å². The number of benzene rings is 3. The molecule has 1 saturated heterocycles. The lowest BCUT2D eigenvalue weighted by atomic mass is 10.00. The number of piperazine rings is 1. The minimum absolute atomic E-state index is 0.0771. The van der Waals surface area contributed by atoms with Crippen molar-refractivity contribution in [2.75, 3.05) is 33.2 Å². The number of hydrogen-bond acceptors (Lipinski definition) is 3. The second kappa shape index (κ2) is 9.94. The van der Waals surface area contributed by atoms with Gasteiger partial charge in [0.1, 0.15) is 0 Å². The highest BCUT2D eigenvalue weighted by atomic mass is 16.2. The van der Waals surface area contributed by atoms with Crippen LogP contribution in [0.4, 0.5) is 4.79 Å².